The smallest absolute Gasteiger partial charge is 0.0434 e. The average Bonchev–Trinajstić information content (AvgIpc) is 1.57. The van der Waals surface area contributed by atoms with E-state index in [9.17, 15) is 0 Å². The van der Waals surface area contributed by atoms with Gasteiger partial charge in [0.15, 0.2) is 0 Å². The zero-order chi connectivity index (χ0) is 97.4. The maximum Gasteiger partial charge on any atom is 0.0434 e. The molecule has 0 atom stereocenters. The first-order valence-electron chi connectivity index (χ1n) is 50.8. The van der Waals surface area contributed by atoms with Crippen molar-refractivity contribution in [3.63, 3.8) is 0 Å². The second-order valence-corrected chi connectivity index (χ2v) is 43.0. The Hall–Kier alpha value is -17.8. The van der Waals surface area contributed by atoms with E-state index in [0.29, 0.717) is 0 Å². The summed E-state index contributed by atoms with van der Waals surface area (Å²) in [5.74, 6) is 0. The Bertz CT molecular complexity index is 10800. The molecule has 0 aliphatic rings. The molecule has 0 aliphatic carbocycles. The van der Waals surface area contributed by atoms with Gasteiger partial charge in [0.1, 0.15) is 0 Å². The second-order valence-electron chi connectivity index (χ2n) is 38.6. The molecule has 32 rings (SSSR count). The fraction of sp³-hybridized carbons (Fsp3) is 0. The van der Waals surface area contributed by atoms with Crippen molar-refractivity contribution in [2.45, 2.75) is 0 Å². The molecule has 0 radical (unpaired) electrons. The summed E-state index contributed by atoms with van der Waals surface area (Å²) in [4.78, 5) is 0. The molecule has 688 valence electrons. The van der Waals surface area contributed by atoms with Crippen LogP contribution in [0.25, 0.3) is 299 Å². The van der Waals surface area contributed by atoms with Gasteiger partial charge in [-0.1, -0.05) is 485 Å². The molecule has 0 saturated carbocycles. The number of rotatable bonds is 8. The summed E-state index contributed by atoms with van der Waals surface area (Å²) >= 11 is 7.54. The van der Waals surface area contributed by atoms with Gasteiger partial charge in [0.05, 0.1) is 0 Å². The van der Waals surface area contributed by atoms with E-state index in [1.807, 2.05) is 45.3 Å². The Morgan fingerprint density at radius 1 is 0.101 bits per heavy atom. The largest absolute Gasteiger partial charge is 0.135 e. The standard InChI is InChI=1S/4C36H22S/c1-2-13-24-23(11-1)12-9-19-26(24)34-27-15-3-5-17-29(27)35(30-18-6-4-16-28(30)34)32-21-10-20-31-25-14-7-8-22-33(25)37-36(31)32;1-2-13-24-23(11-1)12-9-19-25(24)34-26-14-3-5-16-28(26)35(29-17-6-4-15-27(29)34)31-20-10-22-33-36(31)30-18-7-8-21-32(30)37-33;1-2-12-25-23(10-1)11-9-18-28(25)36-31-16-5-3-14-29(31)35(30-15-4-6-17-32(30)36)24-20-21-27-26-13-7-8-19-33(26)37-34(27)22-24;1-2-12-25-23(10-1)11-9-18-27(25)36-30-16-5-3-14-28(30)35(29-15-4-6-17-31(29)36)24-20-21-34-32(22-24)26-13-7-8-19-33(26)37-34/h4*1-22H. The van der Waals surface area contributed by atoms with Crippen LogP contribution in [0.2, 0.25) is 0 Å². The zero-order valence-corrected chi connectivity index (χ0v) is 83.7. The van der Waals surface area contributed by atoms with Crippen LogP contribution < -0.4 is 0 Å². The first-order chi connectivity index (χ1) is 73.5. The molecule has 0 N–H and O–H groups in total. The lowest BCUT2D eigenvalue weighted by Crippen LogP contribution is -1.92. The third kappa shape index (κ3) is 14.3. The maximum atomic E-state index is 2.40. The van der Waals surface area contributed by atoms with E-state index < -0.39 is 0 Å². The molecule has 4 aromatic heterocycles. The van der Waals surface area contributed by atoms with Crippen LogP contribution >= 0.6 is 45.3 Å². The number of thiophene rings is 4. The molecule has 4 heteroatoms. The molecule has 0 bridgehead atoms. The molecule has 148 heavy (non-hydrogen) atoms. The van der Waals surface area contributed by atoms with E-state index in [0.717, 1.165) is 0 Å². The van der Waals surface area contributed by atoms with Crippen LogP contribution in [0.3, 0.4) is 0 Å². The Morgan fingerprint density at radius 3 is 0.689 bits per heavy atom. The molecule has 4 heterocycles. The highest BCUT2D eigenvalue weighted by molar-refractivity contribution is 7.27. The average molecular weight is 1950 g/mol. The van der Waals surface area contributed by atoms with Crippen LogP contribution in [0.1, 0.15) is 0 Å². The predicted octanol–water partition coefficient (Wildman–Crippen LogP) is 43.4. The number of hydrogen-bond donors (Lipinski definition) is 0. The van der Waals surface area contributed by atoms with Gasteiger partial charge in [-0.15, -0.1) is 45.3 Å². The number of fused-ring (bicyclic) bond motifs is 24. The molecule has 0 aliphatic heterocycles. The maximum absolute atomic E-state index is 2.40. The van der Waals surface area contributed by atoms with Crippen LogP contribution in [0.15, 0.2) is 534 Å². The summed E-state index contributed by atoms with van der Waals surface area (Å²) in [6.07, 6.45) is 0. The van der Waals surface area contributed by atoms with Gasteiger partial charge in [-0.3, -0.25) is 0 Å². The Morgan fingerprint density at radius 2 is 0.311 bits per heavy atom. The quantitative estimate of drug-likeness (QED) is 0.133. The van der Waals surface area contributed by atoms with Crippen molar-refractivity contribution in [2.24, 2.45) is 0 Å². The third-order valence-corrected chi connectivity index (χ3v) is 35.3. The minimum absolute atomic E-state index is 1.27. The van der Waals surface area contributed by atoms with Gasteiger partial charge in [-0.2, -0.15) is 0 Å². The topological polar surface area (TPSA) is 0 Å². The van der Waals surface area contributed by atoms with Crippen LogP contribution in [0, 0.1) is 0 Å². The van der Waals surface area contributed by atoms with Crippen molar-refractivity contribution in [2.75, 3.05) is 0 Å². The van der Waals surface area contributed by atoms with Crippen molar-refractivity contribution in [1.82, 2.24) is 0 Å². The molecule has 28 aromatic carbocycles. The van der Waals surface area contributed by atoms with Gasteiger partial charge in [-0.05, 0) is 261 Å². The molecule has 0 nitrogen and oxygen atoms in total. The van der Waals surface area contributed by atoms with E-state index in [-0.39, 0.29) is 0 Å². The lowest BCUT2D eigenvalue weighted by atomic mass is 9.84. The van der Waals surface area contributed by atoms with E-state index in [4.69, 9.17) is 0 Å². The van der Waals surface area contributed by atoms with Crippen LogP contribution in [-0.4, -0.2) is 0 Å². The summed E-state index contributed by atoms with van der Waals surface area (Å²) in [6.45, 7) is 0. The van der Waals surface area contributed by atoms with Crippen LogP contribution in [0.5, 0.6) is 0 Å². The van der Waals surface area contributed by atoms with E-state index in [2.05, 4.69) is 534 Å². The van der Waals surface area contributed by atoms with Gasteiger partial charge in [0.2, 0.25) is 0 Å². The monoisotopic (exact) mass is 1940 g/mol. The van der Waals surface area contributed by atoms with Crippen molar-refractivity contribution < 1.29 is 0 Å². The molecule has 0 amide bonds. The summed E-state index contributed by atoms with van der Waals surface area (Å²) in [6, 6.07) is 196. The number of hydrogen-bond acceptors (Lipinski definition) is 4. The molecule has 0 spiro atoms. The molecule has 0 unspecified atom stereocenters. The summed E-state index contributed by atoms with van der Waals surface area (Å²) in [7, 11) is 0. The molecule has 32 aromatic rings. The van der Waals surface area contributed by atoms with Gasteiger partial charge in [-0.25, -0.2) is 0 Å². The molecule has 0 saturated heterocycles. The summed E-state index contributed by atoms with van der Waals surface area (Å²) < 4.78 is 10.7. The Labute approximate surface area is 870 Å². The van der Waals surface area contributed by atoms with Crippen molar-refractivity contribution >= 4 is 255 Å². The summed E-state index contributed by atoms with van der Waals surface area (Å²) in [5, 5.41) is 41.7. The normalized spacial score (nSPS) is 11.8. The second kappa shape index (κ2) is 36.2. The van der Waals surface area contributed by atoms with E-state index >= 15 is 0 Å². The molecular weight excluding hydrogens is 1860 g/mol. The summed E-state index contributed by atoms with van der Waals surface area (Å²) in [5.41, 5.74) is 20.9. The van der Waals surface area contributed by atoms with Gasteiger partial charge in [0.25, 0.3) is 0 Å². The van der Waals surface area contributed by atoms with E-state index in [1.54, 1.807) is 0 Å². The van der Waals surface area contributed by atoms with Gasteiger partial charge < -0.3 is 0 Å². The molecular formula is C144H88S4. The van der Waals surface area contributed by atoms with Crippen molar-refractivity contribution in [3.05, 3.63) is 534 Å². The first-order valence-corrected chi connectivity index (χ1v) is 54.1. The highest BCUT2D eigenvalue weighted by Gasteiger charge is 2.27. The minimum Gasteiger partial charge on any atom is -0.135 e. The van der Waals surface area contributed by atoms with Gasteiger partial charge in [0, 0.05) is 86.3 Å². The minimum atomic E-state index is 1.27. The third-order valence-electron chi connectivity index (χ3n) is 30.6. The highest BCUT2D eigenvalue weighted by Crippen LogP contribution is 2.55. The zero-order valence-electron chi connectivity index (χ0n) is 80.4. The van der Waals surface area contributed by atoms with Gasteiger partial charge >= 0.3 is 0 Å². The highest BCUT2D eigenvalue weighted by atomic mass is 32.1. The fourth-order valence-corrected chi connectivity index (χ4v) is 28.9. The molecule has 0 fully saturated rings. The predicted molar refractivity (Wildman–Crippen MR) is 651 cm³/mol. The fourth-order valence-electron chi connectivity index (χ4n) is 24.3. The van der Waals surface area contributed by atoms with E-state index in [1.165, 1.54) is 299 Å². The Balaban J connectivity index is 0.0000000930. The van der Waals surface area contributed by atoms with Crippen molar-refractivity contribution in [1.29, 1.82) is 0 Å². The van der Waals surface area contributed by atoms with Crippen molar-refractivity contribution in [3.8, 4) is 89.0 Å². The lowest BCUT2D eigenvalue weighted by Gasteiger charge is -2.19. The first kappa shape index (κ1) is 86.8. The lowest BCUT2D eigenvalue weighted by molar-refractivity contribution is 1.69. The Kier molecular flexibility index (Phi) is 21.2. The SMILES string of the molecule is c1ccc2c(-c3c4ccccc4c(-c4ccc5c(c4)sc4ccccc45)c4ccccc34)cccc2c1.c1ccc2c(-c3c4ccccc4c(-c4ccc5sc6ccccc6c5c4)c4ccccc34)cccc2c1.c1ccc2c(-c3c4ccccc4c(-c4cccc5c4sc4ccccc45)c4ccccc34)cccc2c1.c1ccc2c(-c3c4ccccc4c(-c4cccc5sc6ccccc6c45)c4ccccc34)cccc2c1. The van der Waals surface area contributed by atoms with Crippen LogP contribution in [-0.2, 0) is 0 Å². The number of benzene rings is 28. The van der Waals surface area contributed by atoms with Crippen LogP contribution in [0.4, 0.5) is 0 Å².